The van der Waals surface area contributed by atoms with E-state index in [2.05, 4.69) is 51.9 Å². The van der Waals surface area contributed by atoms with Gasteiger partial charge in [0.15, 0.2) is 11.7 Å². The standard InChI is InChI=1S/C15H23N5OS/c1-5-14-19-11(9-22-14)7-17-15(16-4)18-8-12-6-13(10(2)3)20-21-12/h6,9-10H,5,7-8H2,1-4H3,(H2,16,17,18). The molecule has 0 unspecified atom stereocenters. The zero-order valence-electron chi connectivity index (χ0n) is 13.5. The molecule has 0 fully saturated rings. The van der Waals surface area contributed by atoms with E-state index in [1.807, 2.05) is 6.07 Å². The molecule has 0 aliphatic carbocycles. The van der Waals surface area contributed by atoms with Gasteiger partial charge < -0.3 is 15.2 Å². The maximum atomic E-state index is 5.30. The topological polar surface area (TPSA) is 75.3 Å². The monoisotopic (exact) mass is 321 g/mol. The summed E-state index contributed by atoms with van der Waals surface area (Å²) in [6.45, 7) is 7.50. The minimum atomic E-state index is 0.368. The fourth-order valence-corrected chi connectivity index (χ4v) is 2.59. The molecule has 2 heterocycles. The zero-order chi connectivity index (χ0) is 15.9. The molecule has 0 aliphatic heterocycles. The highest BCUT2D eigenvalue weighted by atomic mass is 32.1. The minimum absolute atomic E-state index is 0.368. The summed E-state index contributed by atoms with van der Waals surface area (Å²) >= 11 is 1.69. The summed E-state index contributed by atoms with van der Waals surface area (Å²) in [5.41, 5.74) is 2.00. The van der Waals surface area contributed by atoms with Gasteiger partial charge >= 0.3 is 0 Å². The molecule has 22 heavy (non-hydrogen) atoms. The largest absolute Gasteiger partial charge is 0.359 e. The first kappa shape index (κ1) is 16.5. The molecule has 0 spiro atoms. The second-order valence-corrected chi connectivity index (χ2v) is 6.18. The Morgan fingerprint density at radius 2 is 2.14 bits per heavy atom. The highest BCUT2D eigenvalue weighted by molar-refractivity contribution is 7.09. The van der Waals surface area contributed by atoms with Gasteiger partial charge in [-0.2, -0.15) is 0 Å². The number of guanidine groups is 1. The molecule has 0 radical (unpaired) electrons. The molecule has 2 rings (SSSR count). The molecule has 2 aromatic heterocycles. The van der Waals surface area contributed by atoms with E-state index in [1.165, 1.54) is 0 Å². The maximum absolute atomic E-state index is 5.30. The van der Waals surface area contributed by atoms with Gasteiger partial charge in [0.05, 0.1) is 29.5 Å². The van der Waals surface area contributed by atoms with Crippen molar-refractivity contribution in [1.82, 2.24) is 20.8 Å². The highest BCUT2D eigenvalue weighted by Crippen LogP contribution is 2.13. The van der Waals surface area contributed by atoms with Gasteiger partial charge in [0.25, 0.3) is 0 Å². The van der Waals surface area contributed by atoms with Gasteiger partial charge in [0, 0.05) is 18.5 Å². The van der Waals surface area contributed by atoms with Crippen molar-refractivity contribution in [3.05, 3.63) is 33.6 Å². The number of aryl methyl sites for hydroxylation is 1. The second kappa shape index (κ2) is 7.93. The lowest BCUT2D eigenvalue weighted by molar-refractivity contribution is 0.372. The number of rotatable bonds is 6. The normalized spacial score (nSPS) is 12.0. The SMILES string of the molecule is CCc1nc(CNC(=NC)NCc2cc(C(C)C)no2)cs1. The highest BCUT2D eigenvalue weighted by Gasteiger charge is 2.08. The molecule has 0 aliphatic rings. The minimum Gasteiger partial charge on any atom is -0.359 e. The van der Waals surface area contributed by atoms with Gasteiger partial charge in [-0.15, -0.1) is 11.3 Å². The van der Waals surface area contributed by atoms with Crippen LogP contribution in [0.25, 0.3) is 0 Å². The predicted molar refractivity (Wildman–Crippen MR) is 89.1 cm³/mol. The molecule has 120 valence electrons. The van der Waals surface area contributed by atoms with Gasteiger partial charge in [-0.05, 0) is 12.3 Å². The van der Waals surface area contributed by atoms with Crippen molar-refractivity contribution in [2.45, 2.75) is 46.2 Å². The summed E-state index contributed by atoms with van der Waals surface area (Å²) in [7, 11) is 1.74. The van der Waals surface area contributed by atoms with Crippen molar-refractivity contribution in [3.8, 4) is 0 Å². The van der Waals surface area contributed by atoms with Crippen LogP contribution in [0.4, 0.5) is 0 Å². The van der Waals surface area contributed by atoms with Crippen LogP contribution >= 0.6 is 11.3 Å². The van der Waals surface area contributed by atoms with Crippen LogP contribution in [0, 0.1) is 0 Å². The first-order valence-electron chi connectivity index (χ1n) is 7.45. The summed E-state index contributed by atoms with van der Waals surface area (Å²) < 4.78 is 5.30. The molecule has 0 atom stereocenters. The molecule has 0 bridgehead atoms. The Labute approximate surface area is 135 Å². The van der Waals surface area contributed by atoms with Crippen molar-refractivity contribution < 1.29 is 4.52 Å². The Balaban J connectivity index is 1.81. The van der Waals surface area contributed by atoms with Crippen molar-refractivity contribution >= 4 is 17.3 Å². The lowest BCUT2D eigenvalue weighted by atomic mass is 10.1. The quantitative estimate of drug-likeness (QED) is 0.632. The number of aliphatic imine (C=N–C) groups is 1. The van der Waals surface area contributed by atoms with Crippen molar-refractivity contribution in [1.29, 1.82) is 0 Å². The predicted octanol–water partition coefficient (Wildman–Crippen LogP) is 2.68. The van der Waals surface area contributed by atoms with Gasteiger partial charge in [-0.25, -0.2) is 4.98 Å². The fraction of sp³-hybridized carbons (Fsp3) is 0.533. The number of hydrogen-bond acceptors (Lipinski definition) is 5. The molecule has 0 aromatic carbocycles. The average Bonchev–Trinajstić information content (AvgIpc) is 3.16. The number of hydrogen-bond donors (Lipinski definition) is 2. The lowest BCUT2D eigenvalue weighted by Crippen LogP contribution is -2.36. The summed E-state index contributed by atoms with van der Waals surface area (Å²) in [4.78, 5) is 8.72. The number of nitrogens with zero attached hydrogens (tertiary/aromatic N) is 3. The Kier molecular flexibility index (Phi) is 5.94. The van der Waals surface area contributed by atoms with Gasteiger partial charge in [0.2, 0.25) is 0 Å². The fourth-order valence-electron chi connectivity index (χ4n) is 1.84. The van der Waals surface area contributed by atoms with Crippen LogP contribution in [-0.4, -0.2) is 23.1 Å². The average molecular weight is 321 g/mol. The smallest absolute Gasteiger partial charge is 0.191 e. The molecule has 0 saturated carbocycles. The van der Waals surface area contributed by atoms with Gasteiger partial charge in [-0.1, -0.05) is 25.9 Å². The summed E-state index contributed by atoms with van der Waals surface area (Å²) in [6.07, 6.45) is 0.974. The third-order valence-corrected chi connectivity index (χ3v) is 4.20. The lowest BCUT2D eigenvalue weighted by Gasteiger charge is -2.09. The van der Waals surface area contributed by atoms with Crippen LogP contribution < -0.4 is 10.6 Å². The Bertz CT molecular complexity index is 617. The summed E-state index contributed by atoms with van der Waals surface area (Å²) in [5.74, 6) is 1.88. The third kappa shape index (κ3) is 4.56. The van der Waals surface area contributed by atoms with Crippen molar-refractivity contribution in [2.75, 3.05) is 7.05 Å². The molecule has 6 nitrogen and oxygen atoms in total. The molecule has 7 heteroatoms. The van der Waals surface area contributed by atoms with E-state index in [0.717, 1.165) is 28.6 Å². The van der Waals surface area contributed by atoms with Crippen LogP contribution in [0.3, 0.4) is 0 Å². The number of thiazole rings is 1. The van der Waals surface area contributed by atoms with E-state index in [9.17, 15) is 0 Å². The summed E-state index contributed by atoms with van der Waals surface area (Å²) in [5, 5.41) is 13.7. The van der Waals surface area contributed by atoms with Crippen LogP contribution in [0.5, 0.6) is 0 Å². The molecule has 2 N–H and O–H groups in total. The molecule has 0 saturated heterocycles. The summed E-state index contributed by atoms with van der Waals surface area (Å²) in [6, 6.07) is 1.97. The van der Waals surface area contributed by atoms with Crippen LogP contribution in [0.1, 0.15) is 48.8 Å². The van der Waals surface area contributed by atoms with E-state index in [1.54, 1.807) is 18.4 Å². The number of aromatic nitrogens is 2. The number of nitrogens with one attached hydrogen (secondary N) is 2. The van der Waals surface area contributed by atoms with Crippen molar-refractivity contribution in [3.63, 3.8) is 0 Å². The van der Waals surface area contributed by atoms with E-state index < -0.39 is 0 Å². The Morgan fingerprint density at radius 3 is 2.73 bits per heavy atom. The first-order chi connectivity index (χ1) is 10.6. The third-order valence-electron chi connectivity index (χ3n) is 3.16. The Morgan fingerprint density at radius 1 is 1.36 bits per heavy atom. The van der Waals surface area contributed by atoms with Crippen LogP contribution in [0.2, 0.25) is 0 Å². The second-order valence-electron chi connectivity index (χ2n) is 5.24. The van der Waals surface area contributed by atoms with Crippen molar-refractivity contribution in [2.24, 2.45) is 4.99 Å². The van der Waals surface area contributed by atoms with Gasteiger partial charge in [0.1, 0.15) is 0 Å². The maximum Gasteiger partial charge on any atom is 0.191 e. The molecular formula is C15H23N5OS. The molecule has 0 amide bonds. The van der Waals surface area contributed by atoms with E-state index in [-0.39, 0.29) is 0 Å². The Hall–Kier alpha value is -1.89. The van der Waals surface area contributed by atoms with Gasteiger partial charge in [-0.3, -0.25) is 4.99 Å². The molecule has 2 aromatic rings. The zero-order valence-corrected chi connectivity index (χ0v) is 14.3. The van der Waals surface area contributed by atoms with E-state index in [0.29, 0.717) is 25.0 Å². The van der Waals surface area contributed by atoms with Crippen LogP contribution in [-0.2, 0) is 19.5 Å². The van der Waals surface area contributed by atoms with E-state index in [4.69, 9.17) is 4.52 Å². The first-order valence-corrected chi connectivity index (χ1v) is 8.33. The molecular weight excluding hydrogens is 298 g/mol. The van der Waals surface area contributed by atoms with Crippen LogP contribution in [0.15, 0.2) is 21.0 Å². The van der Waals surface area contributed by atoms with E-state index >= 15 is 0 Å².